The highest BCUT2D eigenvalue weighted by Gasteiger charge is 2.49. The van der Waals surface area contributed by atoms with E-state index in [9.17, 15) is 8.42 Å². The van der Waals surface area contributed by atoms with Crippen LogP contribution < -0.4 is 0 Å². The molecule has 15 heavy (non-hydrogen) atoms. The minimum Gasteiger partial charge on any atom is -0.344 e. The van der Waals surface area contributed by atoms with Gasteiger partial charge >= 0.3 is 0 Å². The summed E-state index contributed by atoms with van der Waals surface area (Å²) in [5.74, 6) is 0.539. The van der Waals surface area contributed by atoms with Gasteiger partial charge < -0.3 is 4.90 Å². The standard InChI is InChI=1S/C8H11BrN2O2S2/c9-1-5-2-11-7-4-15(12,13)3-6(7)10-8(11)14-5/h5-7H,1-4H2/t5?,6-,7+/m1/s1. The molecule has 0 aromatic carbocycles. The second-order valence-electron chi connectivity index (χ2n) is 4.17. The number of halogens is 1. The lowest BCUT2D eigenvalue weighted by Gasteiger charge is -2.20. The van der Waals surface area contributed by atoms with E-state index in [1.54, 1.807) is 11.8 Å². The van der Waals surface area contributed by atoms with Crippen LogP contribution in [0.4, 0.5) is 0 Å². The van der Waals surface area contributed by atoms with Gasteiger partial charge in [-0.15, -0.1) is 0 Å². The summed E-state index contributed by atoms with van der Waals surface area (Å²) in [6.45, 7) is 0.936. The Kier molecular flexibility index (Phi) is 2.34. The van der Waals surface area contributed by atoms with Gasteiger partial charge in [0.05, 0.1) is 23.6 Å². The molecule has 0 aromatic heterocycles. The van der Waals surface area contributed by atoms with Crippen LogP contribution in [0.3, 0.4) is 0 Å². The highest BCUT2D eigenvalue weighted by Crippen LogP contribution is 2.38. The maximum absolute atomic E-state index is 11.5. The molecule has 0 aliphatic carbocycles. The number of sulfone groups is 1. The van der Waals surface area contributed by atoms with Crippen LogP contribution >= 0.6 is 27.7 Å². The summed E-state index contributed by atoms with van der Waals surface area (Å²) in [5, 5.41) is 2.52. The second-order valence-corrected chi connectivity index (χ2v) is 8.24. The van der Waals surface area contributed by atoms with E-state index in [0.717, 1.165) is 17.0 Å². The van der Waals surface area contributed by atoms with Crippen molar-refractivity contribution >= 4 is 42.7 Å². The van der Waals surface area contributed by atoms with Gasteiger partial charge in [0.15, 0.2) is 15.0 Å². The Bertz CT molecular complexity index is 422. The Morgan fingerprint density at radius 3 is 3.07 bits per heavy atom. The molecule has 2 fully saturated rings. The van der Waals surface area contributed by atoms with Gasteiger partial charge in [0.1, 0.15) is 0 Å². The lowest BCUT2D eigenvalue weighted by molar-refractivity contribution is 0.361. The predicted octanol–water partition coefficient (Wildman–Crippen LogP) is 0.334. The van der Waals surface area contributed by atoms with E-state index in [1.807, 2.05) is 0 Å². The van der Waals surface area contributed by atoms with Crippen LogP contribution in [0.5, 0.6) is 0 Å². The minimum atomic E-state index is -2.84. The first kappa shape index (κ1) is 10.4. The first-order chi connectivity index (χ1) is 7.09. The molecule has 84 valence electrons. The monoisotopic (exact) mass is 310 g/mol. The summed E-state index contributed by atoms with van der Waals surface area (Å²) in [6.07, 6.45) is 0. The third-order valence-corrected chi connectivity index (χ3v) is 7.17. The third-order valence-electron chi connectivity index (χ3n) is 3.06. The van der Waals surface area contributed by atoms with Crippen molar-refractivity contribution in [3.63, 3.8) is 0 Å². The van der Waals surface area contributed by atoms with Crippen molar-refractivity contribution in [1.82, 2.24) is 4.90 Å². The topological polar surface area (TPSA) is 49.7 Å². The van der Waals surface area contributed by atoms with Gasteiger partial charge in [-0.3, -0.25) is 4.99 Å². The fourth-order valence-corrected chi connectivity index (χ4v) is 6.00. The van der Waals surface area contributed by atoms with Gasteiger partial charge in [-0.2, -0.15) is 0 Å². The van der Waals surface area contributed by atoms with Crippen LogP contribution in [0.15, 0.2) is 4.99 Å². The second kappa shape index (κ2) is 3.37. The van der Waals surface area contributed by atoms with E-state index < -0.39 is 9.84 Å². The van der Waals surface area contributed by atoms with Crippen LogP contribution in [0.25, 0.3) is 0 Å². The third kappa shape index (κ3) is 1.63. The molecule has 3 aliphatic heterocycles. The number of thioether (sulfide) groups is 1. The molecule has 3 atom stereocenters. The molecule has 4 nitrogen and oxygen atoms in total. The van der Waals surface area contributed by atoms with Crippen LogP contribution in [0, 0.1) is 0 Å². The molecule has 3 rings (SSSR count). The van der Waals surface area contributed by atoms with Crippen LogP contribution in [-0.4, -0.2) is 59.2 Å². The Labute approximate surface area is 102 Å². The SMILES string of the molecule is O=S1(=O)C[C@H]2N=C3SC(CBr)CN3[C@H]2C1. The Balaban J connectivity index is 1.86. The van der Waals surface area contributed by atoms with Gasteiger partial charge in [-0.05, 0) is 0 Å². The van der Waals surface area contributed by atoms with Gasteiger partial charge in [-0.1, -0.05) is 27.7 Å². The molecule has 0 spiro atoms. The summed E-state index contributed by atoms with van der Waals surface area (Å²) in [4.78, 5) is 6.70. The zero-order valence-corrected chi connectivity index (χ0v) is 11.2. The number of nitrogens with zero attached hydrogens (tertiary/aromatic N) is 2. The Morgan fingerprint density at radius 2 is 2.33 bits per heavy atom. The molecule has 2 saturated heterocycles. The van der Waals surface area contributed by atoms with Crippen molar-refractivity contribution in [2.24, 2.45) is 4.99 Å². The minimum absolute atomic E-state index is 0.00813. The Hall–Kier alpha value is 0.250. The lowest BCUT2D eigenvalue weighted by Crippen LogP contribution is -2.38. The van der Waals surface area contributed by atoms with Gasteiger partial charge in [0, 0.05) is 17.1 Å². The van der Waals surface area contributed by atoms with Gasteiger partial charge in [0.2, 0.25) is 0 Å². The lowest BCUT2D eigenvalue weighted by atomic mass is 10.2. The number of alkyl halides is 1. The number of rotatable bonds is 1. The zero-order valence-electron chi connectivity index (χ0n) is 7.97. The normalized spacial score (nSPS) is 41.5. The van der Waals surface area contributed by atoms with Crippen LogP contribution in [0.2, 0.25) is 0 Å². The maximum Gasteiger partial charge on any atom is 0.160 e. The zero-order chi connectivity index (χ0) is 10.6. The summed E-state index contributed by atoms with van der Waals surface area (Å²) in [5.41, 5.74) is 0. The molecular weight excluding hydrogens is 300 g/mol. The van der Waals surface area contributed by atoms with Crippen molar-refractivity contribution in [3.8, 4) is 0 Å². The molecule has 0 N–H and O–H groups in total. The van der Waals surface area contributed by atoms with Gasteiger partial charge in [-0.25, -0.2) is 8.42 Å². The van der Waals surface area contributed by atoms with E-state index in [2.05, 4.69) is 25.8 Å². The fraction of sp³-hybridized carbons (Fsp3) is 0.875. The number of hydrogen-bond donors (Lipinski definition) is 0. The molecular formula is C8H11BrN2O2S2. The highest BCUT2D eigenvalue weighted by atomic mass is 79.9. The van der Waals surface area contributed by atoms with E-state index >= 15 is 0 Å². The largest absolute Gasteiger partial charge is 0.344 e. The molecule has 0 saturated carbocycles. The molecule has 7 heteroatoms. The number of hydrogen-bond acceptors (Lipinski definition) is 5. The molecule has 1 unspecified atom stereocenters. The van der Waals surface area contributed by atoms with E-state index in [1.165, 1.54) is 0 Å². The number of amidine groups is 1. The molecule has 3 heterocycles. The van der Waals surface area contributed by atoms with Crippen molar-refractivity contribution in [2.75, 3.05) is 23.4 Å². The molecule has 0 amide bonds. The molecule has 3 aliphatic rings. The summed E-state index contributed by atoms with van der Waals surface area (Å²) in [6, 6.07) is 0.135. The number of aliphatic imine (C=N–C) groups is 1. The molecule has 0 radical (unpaired) electrons. The van der Waals surface area contributed by atoms with Crippen LogP contribution in [0.1, 0.15) is 0 Å². The van der Waals surface area contributed by atoms with E-state index in [-0.39, 0.29) is 17.8 Å². The Morgan fingerprint density at radius 1 is 1.53 bits per heavy atom. The first-order valence-electron chi connectivity index (χ1n) is 4.86. The van der Waals surface area contributed by atoms with Crippen molar-refractivity contribution in [3.05, 3.63) is 0 Å². The van der Waals surface area contributed by atoms with Crippen molar-refractivity contribution in [2.45, 2.75) is 17.3 Å². The quantitative estimate of drug-likeness (QED) is 0.655. The average Bonchev–Trinajstić information content (AvgIpc) is 2.72. The van der Waals surface area contributed by atoms with Crippen molar-refractivity contribution < 1.29 is 8.42 Å². The fourth-order valence-electron chi connectivity index (χ4n) is 2.39. The highest BCUT2D eigenvalue weighted by molar-refractivity contribution is 9.09. The average molecular weight is 311 g/mol. The summed E-state index contributed by atoms with van der Waals surface area (Å²) >= 11 is 5.23. The van der Waals surface area contributed by atoms with Gasteiger partial charge in [0.25, 0.3) is 0 Å². The summed E-state index contributed by atoms with van der Waals surface area (Å²) in [7, 11) is -2.84. The van der Waals surface area contributed by atoms with E-state index in [4.69, 9.17) is 0 Å². The van der Waals surface area contributed by atoms with Crippen molar-refractivity contribution in [1.29, 1.82) is 0 Å². The van der Waals surface area contributed by atoms with E-state index in [0.29, 0.717) is 11.0 Å². The summed E-state index contributed by atoms with van der Waals surface area (Å²) < 4.78 is 22.9. The maximum atomic E-state index is 11.5. The number of fused-ring (bicyclic) bond motifs is 3. The molecule has 0 bridgehead atoms. The smallest absolute Gasteiger partial charge is 0.160 e. The first-order valence-corrected chi connectivity index (χ1v) is 8.69. The van der Waals surface area contributed by atoms with Crippen LogP contribution in [-0.2, 0) is 9.84 Å². The predicted molar refractivity (Wildman–Crippen MR) is 65.5 cm³/mol. The molecule has 0 aromatic rings.